The van der Waals surface area contributed by atoms with E-state index in [0.717, 1.165) is 38.4 Å². The lowest BCUT2D eigenvalue weighted by atomic mass is 9.93. The fraction of sp³-hybridized carbons (Fsp3) is 0.400. The Hall–Kier alpha value is -1.68. The van der Waals surface area contributed by atoms with E-state index in [1.807, 2.05) is 18.2 Å². The first-order valence-corrected chi connectivity index (χ1v) is 8.44. The first kappa shape index (κ1) is 16.2. The summed E-state index contributed by atoms with van der Waals surface area (Å²) in [6, 6.07) is 19.0. The zero-order valence-corrected chi connectivity index (χ0v) is 13.8. The summed E-state index contributed by atoms with van der Waals surface area (Å²) in [5, 5.41) is 0. The third-order valence-electron chi connectivity index (χ3n) is 4.63. The summed E-state index contributed by atoms with van der Waals surface area (Å²) < 4.78 is 5.43. The van der Waals surface area contributed by atoms with Gasteiger partial charge >= 0.3 is 0 Å². The van der Waals surface area contributed by atoms with E-state index in [2.05, 4.69) is 48.2 Å². The van der Waals surface area contributed by atoms with Crippen LogP contribution in [0.1, 0.15) is 35.6 Å². The normalized spacial score (nSPS) is 18.5. The zero-order valence-electron chi connectivity index (χ0n) is 13.8. The number of ether oxygens (including phenoxy) is 1. The first-order valence-electron chi connectivity index (χ1n) is 8.44. The molecular formula is C20H26N2O. The van der Waals surface area contributed by atoms with Crippen LogP contribution in [0.15, 0.2) is 54.6 Å². The molecule has 1 saturated heterocycles. The Kier molecular flexibility index (Phi) is 5.44. The highest BCUT2D eigenvalue weighted by atomic mass is 16.5. The Morgan fingerprint density at radius 1 is 0.957 bits per heavy atom. The van der Waals surface area contributed by atoms with Crippen LogP contribution in [0.25, 0.3) is 0 Å². The molecule has 2 N–H and O–H groups in total. The maximum absolute atomic E-state index is 6.44. The van der Waals surface area contributed by atoms with Gasteiger partial charge in [0.15, 0.2) is 0 Å². The number of nitrogens with zero attached hydrogens (tertiary/aromatic N) is 1. The molecule has 0 bridgehead atoms. The fourth-order valence-corrected chi connectivity index (χ4v) is 3.19. The summed E-state index contributed by atoms with van der Waals surface area (Å²) in [6.07, 6.45) is 0. The van der Waals surface area contributed by atoms with E-state index < -0.39 is 0 Å². The van der Waals surface area contributed by atoms with Gasteiger partial charge in [-0.1, -0.05) is 61.5 Å². The third kappa shape index (κ3) is 4.20. The minimum absolute atomic E-state index is 0.0632. The molecule has 0 aromatic heterocycles. The second kappa shape index (κ2) is 7.73. The lowest BCUT2D eigenvalue weighted by Gasteiger charge is -2.29. The molecule has 122 valence electrons. The highest BCUT2D eigenvalue weighted by Crippen LogP contribution is 2.24. The van der Waals surface area contributed by atoms with Gasteiger partial charge in [-0.25, -0.2) is 0 Å². The topological polar surface area (TPSA) is 38.5 Å². The quantitative estimate of drug-likeness (QED) is 0.922. The second-order valence-corrected chi connectivity index (χ2v) is 6.37. The first-order chi connectivity index (χ1) is 11.2. The predicted molar refractivity (Wildman–Crippen MR) is 94.6 cm³/mol. The zero-order chi connectivity index (χ0) is 16.1. The van der Waals surface area contributed by atoms with Crippen LogP contribution in [0, 0.1) is 0 Å². The van der Waals surface area contributed by atoms with Crippen molar-refractivity contribution >= 4 is 0 Å². The maximum atomic E-state index is 6.44. The summed E-state index contributed by atoms with van der Waals surface area (Å²) in [7, 11) is 0. The Balaban J connectivity index is 1.71. The molecule has 1 aliphatic heterocycles. The molecule has 2 atom stereocenters. The van der Waals surface area contributed by atoms with E-state index in [-0.39, 0.29) is 6.04 Å². The fourth-order valence-electron chi connectivity index (χ4n) is 3.19. The monoisotopic (exact) mass is 310 g/mol. The van der Waals surface area contributed by atoms with Gasteiger partial charge < -0.3 is 10.5 Å². The van der Waals surface area contributed by atoms with Gasteiger partial charge in [0.05, 0.1) is 19.3 Å². The van der Waals surface area contributed by atoms with Gasteiger partial charge in [0, 0.05) is 19.6 Å². The van der Waals surface area contributed by atoms with Crippen LogP contribution < -0.4 is 5.73 Å². The molecule has 0 aliphatic carbocycles. The molecular weight excluding hydrogens is 284 g/mol. The van der Waals surface area contributed by atoms with Gasteiger partial charge in [-0.3, -0.25) is 4.90 Å². The summed E-state index contributed by atoms with van der Waals surface area (Å²) in [4.78, 5) is 2.48. The number of hydrogen-bond donors (Lipinski definition) is 1. The molecule has 1 heterocycles. The van der Waals surface area contributed by atoms with Gasteiger partial charge in [-0.05, 0) is 22.6 Å². The van der Waals surface area contributed by atoms with Crippen molar-refractivity contribution in [2.24, 2.45) is 5.73 Å². The van der Waals surface area contributed by atoms with E-state index in [9.17, 15) is 0 Å². The van der Waals surface area contributed by atoms with Crippen molar-refractivity contribution in [1.82, 2.24) is 4.90 Å². The maximum Gasteiger partial charge on any atom is 0.0594 e. The number of hydrogen-bond acceptors (Lipinski definition) is 3. The summed E-state index contributed by atoms with van der Waals surface area (Å²) in [5.74, 6) is 0.496. The van der Waals surface area contributed by atoms with Crippen molar-refractivity contribution < 1.29 is 4.74 Å². The number of nitrogens with two attached hydrogens (primary N) is 1. The third-order valence-corrected chi connectivity index (χ3v) is 4.63. The minimum Gasteiger partial charge on any atom is -0.379 e. The van der Waals surface area contributed by atoms with Gasteiger partial charge in [0.25, 0.3) is 0 Å². The molecule has 3 heteroatoms. The molecule has 0 radical (unpaired) electrons. The molecule has 2 aromatic rings. The largest absolute Gasteiger partial charge is 0.379 e. The van der Waals surface area contributed by atoms with E-state index in [1.54, 1.807) is 0 Å². The SMILES string of the molecule is C[C@@H](CN1CCOCC1)c1cccc([C@H](N)c2ccccc2)c1. The summed E-state index contributed by atoms with van der Waals surface area (Å²) in [6.45, 7) is 7.15. The van der Waals surface area contributed by atoms with E-state index in [0.29, 0.717) is 5.92 Å². The molecule has 2 aromatic carbocycles. The van der Waals surface area contributed by atoms with Crippen molar-refractivity contribution in [3.63, 3.8) is 0 Å². The van der Waals surface area contributed by atoms with Gasteiger partial charge in [0.1, 0.15) is 0 Å². The van der Waals surface area contributed by atoms with Crippen LogP contribution in [0.3, 0.4) is 0 Å². The van der Waals surface area contributed by atoms with E-state index in [4.69, 9.17) is 10.5 Å². The van der Waals surface area contributed by atoms with E-state index >= 15 is 0 Å². The van der Waals surface area contributed by atoms with Crippen LogP contribution in [0.2, 0.25) is 0 Å². The van der Waals surface area contributed by atoms with Crippen LogP contribution >= 0.6 is 0 Å². The predicted octanol–water partition coefficient (Wildman–Crippen LogP) is 3.17. The molecule has 0 amide bonds. The lowest BCUT2D eigenvalue weighted by molar-refractivity contribution is 0.0357. The average Bonchev–Trinajstić information content (AvgIpc) is 2.63. The van der Waals surface area contributed by atoms with Crippen LogP contribution in [0.5, 0.6) is 0 Å². The Morgan fingerprint density at radius 3 is 2.35 bits per heavy atom. The van der Waals surface area contributed by atoms with Crippen molar-refractivity contribution in [2.75, 3.05) is 32.8 Å². The number of morpholine rings is 1. The van der Waals surface area contributed by atoms with Crippen LogP contribution in [-0.4, -0.2) is 37.7 Å². The molecule has 1 fully saturated rings. The van der Waals surface area contributed by atoms with Gasteiger partial charge in [-0.15, -0.1) is 0 Å². The summed E-state index contributed by atoms with van der Waals surface area (Å²) >= 11 is 0. The van der Waals surface area contributed by atoms with E-state index in [1.165, 1.54) is 11.1 Å². The molecule has 0 spiro atoms. The average molecular weight is 310 g/mol. The van der Waals surface area contributed by atoms with Crippen molar-refractivity contribution in [3.8, 4) is 0 Å². The molecule has 0 unspecified atom stereocenters. The molecule has 1 aliphatic rings. The standard InChI is InChI=1S/C20H26N2O/c1-16(15-22-10-12-23-13-11-22)18-8-5-9-19(14-18)20(21)17-6-3-2-4-7-17/h2-9,14,16,20H,10-13,15,21H2,1H3/t16-,20+/m0/s1. The number of benzene rings is 2. The smallest absolute Gasteiger partial charge is 0.0594 e. The lowest BCUT2D eigenvalue weighted by Crippen LogP contribution is -2.38. The van der Waals surface area contributed by atoms with Gasteiger partial charge in [0.2, 0.25) is 0 Å². The molecule has 0 saturated carbocycles. The van der Waals surface area contributed by atoms with Crippen LogP contribution in [-0.2, 0) is 4.74 Å². The number of rotatable bonds is 5. The molecule has 23 heavy (non-hydrogen) atoms. The molecule has 3 nitrogen and oxygen atoms in total. The molecule has 3 rings (SSSR count). The second-order valence-electron chi connectivity index (χ2n) is 6.37. The highest BCUT2D eigenvalue weighted by Gasteiger charge is 2.16. The van der Waals surface area contributed by atoms with Gasteiger partial charge in [-0.2, -0.15) is 0 Å². The minimum atomic E-state index is -0.0632. The van der Waals surface area contributed by atoms with Crippen molar-refractivity contribution in [2.45, 2.75) is 18.9 Å². The Bertz CT molecular complexity index is 608. The van der Waals surface area contributed by atoms with Crippen LogP contribution in [0.4, 0.5) is 0 Å². The van der Waals surface area contributed by atoms with Crippen molar-refractivity contribution in [3.05, 3.63) is 71.3 Å². The van der Waals surface area contributed by atoms with Crippen molar-refractivity contribution in [1.29, 1.82) is 0 Å². The highest BCUT2D eigenvalue weighted by molar-refractivity contribution is 5.35. The Morgan fingerprint density at radius 2 is 1.61 bits per heavy atom. The Labute approximate surface area is 139 Å². The summed E-state index contributed by atoms with van der Waals surface area (Å²) in [5.41, 5.74) is 10.1.